The van der Waals surface area contributed by atoms with Gasteiger partial charge >= 0.3 is 0 Å². The standard InChI is InChI=1S/C10H11PSi/c1-6-10-9-7(11-6)4-5-8(9)12(10,2)3/h4-5H,1-3H3. The Morgan fingerprint density at radius 3 is 2.75 bits per heavy atom. The third kappa shape index (κ3) is 0.531. The molecule has 0 atom stereocenters. The highest BCUT2D eigenvalue weighted by Gasteiger charge is 2.48. The molecule has 0 aromatic heterocycles. The maximum atomic E-state index is 2.47. The second kappa shape index (κ2) is 1.76. The molecule has 0 radical (unpaired) electrons. The van der Waals surface area contributed by atoms with Crippen molar-refractivity contribution in [3.05, 3.63) is 33.4 Å². The fourth-order valence-electron chi connectivity index (χ4n) is 2.60. The van der Waals surface area contributed by atoms with Gasteiger partial charge in [0, 0.05) is 5.29 Å². The molecule has 0 saturated heterocycles. The Morgan fingerprint density at radius 1 is 1.25 bits per heavy atom. The van der Waals surface area contributed by atoms with Crippen LogP contribution in [0.25, 0.3) is 0 Å². The van der Waals surface area contributed by atoms with Gasteiger partial charge < -0.3 is 0 Å². The van der Waals surface area contributed by atoms with E-state index in [9.17, 15) is 0 Å². The van der Waals surface area contributed by atoms with Crippen LogP contribution in [0.5, 0.6) is 0 Å². The van der Waals surface area contributed by atoms with Gasteiger partial charge in [-0.25, -0.2) is 0 Å². The van der Waals surface area contributed by atoms with Crippen LogP contribution in [-0.4, -0.2) is 13.4 Å². The largest absolute Gasteiger partial charge is 0.114 e. The van der Waals surface area contributed by atoms with Crippen molar-refractivity contribution >= 4 is 21.6 Å². The van der Waals surface area contributed by atoms with Crippen molar-refractivity contribution in [2.24, 2.45) is 0 Å². The van der Waals surface area contributed by atoms with Crippen LogP contribution in [0.4, 0.5) is 0 Å². The summed E-state index contributed by atoms with van der Waals surface area (Å²) in [6.07, 6.45) is 4.68. The number of rotatable bonds is 0. The first-order chi connectivity index (χ1) is 5.62. The van der Waals surface area contributed by atoms with Crippen molar-refractivity contribution < 1.29 is 0 Å². The molecule has 0 fully saturated rings. The molecule has 3 rings (SSSR count). The lowest BCUT2D eigenvalue weighted by Crippen LogP contribution is -2.42. The second-order valence-electron chi connectivity index (χ2n) is 4.20. The zero-order valence-electron chi connectivity index (χ0n) is 7.60. The zero-order valence-corrected chi connectivity index (χ0v) is 9.50. The van der Waals surface area contributed by atoms with E-state index in [-0.39, 0.29) is 0 Å². The molecule has 0 bridgehead atoms. The van der Waals surface area contributed by atoms with Crippen LogP contribution in [0.15, 0.2) is 33.4 Å². The first-order valence-electron chi connectivity index (χ1n) is 4.36. The van der Waals surface area contributed by atoms with Crippen LogP contribution in [0.1, 0.15) is 6.92 Å². The molecule has 2 heterocycles. The molecule has 0 N–H and O–H groups in total. The van der Waals surface area contributed by atoms with Crippen LogP contribution < -0.4 is 0 Å². The molecule has 0 aromatic rings. The normalized spacial score (nSPS) is 29.1. The molecule has 60 valence electrons. The molecule has 12 heavy (non-hydrogen) atoms. The summed E-state index contributed by atoms with van der Waals surface area (Å²) in [5.74, 6) is 0. The molecular formula is C10H11PSi. The van der Waals surface area contributed by atoms with Gasteiger partial charge in [-0.3, -0.25) is 0 Å². The Morgan fingerprint density at radius 2 is 2.00 bits per heavy atom. The van der Waals surface area contributed by atoms with Gasteiger partial charge in [-0.05, 0) is 34.3 Å². The van der Waals surface area contributed by atoms with Crippen molar-refractivity contribution in [3.8, 4) is 0 Å². The van der Waals surface area contributed by atoms with Crippen LogP contribution in [-0.2, 0) is 0 Å². The first-order valence-corrected chi connectivity index (χ1v) is 8.25. The van der Waals surface area contributed by atoms with E-state index in [1.165, 1.54) is 8.20 Å². The van der Waals surface area contributed by atoms with E-state index in [2.05, 4.69) is 32.2 Å². The Balaban J connectivity index is 2.37. The lowest BCUT2D eigenvalue weighted by atomic mass is 10.2. The summed E-state index contributed by atoms with van der Waals surface area (Å²) in [6, 6.07) is 0. The van der Waals surface area contributed by atoms with Crippen molar-refractivity contribution in [2.45, 2.75) is 20.0 Å². The molecular weight excluding hydrogens is 179 g/mol. The van der Waals surface area contributed by atoms with Gasteiger partial charge in [0.2, 0.25) is 0 Å². The summed E-state index contributed by atoms with van der Waals surface area (Å²) < 4.78 is 0. The van der Waals surface area contributed by atoms with E-state index in [0.717, 1.165) is 0 Å². The molecule has 0 aromatic carbocycles. The predicted molar refractivity (Wildman–Crippen MR) is 58.3 cm³/mol. The van der Waals surface area contributed by atoms with Gasteiger partial charge in [0.05, 0.1) is 0 Å². The topological polar surface area (TPSA) is 0 Å². The van der Waals surface area contributed by atoms with Gasteiger partial charge in [-0.1, -0.05) is 27.4 Å². The molecule has 0 saturated carbocycles. The molecule has 1 aliphatic carbocycles. The van der Waals surface area contributed by atoms with Crippen LogP contribution in [0.3, 0.4) is 0 Å². The summed E-state index contributed by atoms with van der Waals surface area (Å²) in [5.41, 5.74) is 1.64. The molecule has 2 heteroatoms. The first kappa shape index (κ1) is 7.05. The van der Waals surface area contributed by atoms with Gasteiger partial charge in [0.15, 0.2) is 0 Å². The van der Waals surface area contributed by atoms with E-state index in [4.69, 9.17) is 0 Å². The number of allylic oxidation sites excluding steroid dienone is 6. The number of hydrogen-bond donors (Lipinski definition) is 0. The predicted octanol–water partition coefficient (Wildman–Crippen LogP) is 3.06. The Labute approximate surface area is 75.5 Å². The van der Waals surface area contributed by atoms with Gasteiger partial charge in [0.1, 0.15) is 8.07 Å². The quantitative estimate of drug-likeness (QED) is 0.407. The molecule has 0 amide bonds. The Kier molecular flexibility index (Phi) is 1.03. The molecule has 2 aliphatic heterocycles. The van der Waals surface area contributed by atoms with E-state index in [1.807, 2.05) is 0 Å². The van der Waals surface area contributed by atoms with Crippen molar-refractivity contribution in [1.82, 2.24) is 0 Å². The Hall–Kier alpha value is -0.393. The monoisotopic (exact) mass is 190 g/mol. The summed E-state index contributed by atoms with van der Waals surface area (Å²) in [7, 11) is 0.396. The molecule has 0 unspecified atom stereocenters. The minimum Gasteiger partial charge on any atom is -0.0647 e. The fourth-order valence-corrected chi connectivity index (χ4v) is 8.16. The van der Waals surface area contributed by atoms with Gasteiger partial charge in [-0.2, -0.15) is 0 Å². The maximum Gasteiger partial charge on any atom is 0.114 e. The number of hydrogen-bond acceptors (Lipinski definition) is 0. The van der Waals surface area contributed by atoms with E-state index >= 15 is 0 Å². The summed E-state index contributed by atoms with van der Waals surface area (Å²) in [4.78, 5) is 0. The highest BCUT2D eigenvalue weighted by atomic mass is 31.1. The maximum absolute atomic E-state index is 2.47. The lowest BCUT2D eigenvalue weighted by Gasteiger charge is -2.37. The van der Waals surface area contributed by atoms with Crippen molar-refractivity contribution in [2.75, 3.05) is 0 Å². The van der Waals surface area contributed by atoms with E-state index in [1.54, 1.807) is 26.6 Å². The summed E-state index contributed by atoms with van der Waals surface area (Å²) >= 11 is 0. The highest BCUT2D eigenvalue weighted by Crippen LogP contribution is 2.55. The van der Waals surface area contributed by atoms with E-state index in [0.29, 0.717) is 0 Å². The summed E-state index contributed by atoms with van der Waals surface area (Å²) in [5, 5.41) is 6.67. The Bertz CT molecular complexity index is 419. The zero-order chi connectivity index (χ0) is 8.51. The van der Waals surface area contributed by atoms with Crippen LogP contribution >= 0.6 is 8.20 Å². The van der Waals surface area contributed by atoms with Crippen molar-refractivity contribution in [3.63, 3.8) is 0 Å². The lowest BCUT2D eigenvalue weighted by molar-refractivity contribution is 1.45. The van der Waals surface area contributed by atoms with Gasteiger partial charge in [-0.15, -0.1) is 0 Å². The fraction of sp³-hybridized carbons (Fsp3) is 0.300. The second-order valence-corrected chi connectivity index (χ2v) is 9.87. The third-order valence-corrected chi connectivity index (χ3v) is 8.15. The van der Waals surface area contributed by atoms with Crippen LogP contribution in [0.2, 0.25) is 13.1 Å². The van der Waals surface area contributed by atoms with E-state index < -0.39 is 8.07 Å². The van der Waals surface area contributed by atoms with Crippen LogP contribution in [0, 0.1) is 0 Å². The summed E-state index contributed by atoms with van der Waals surface area (Å²) in [6.45, 7) is 7.24. The highest BCUT2D eigenvalue weighted by molar-refractivity contribution is 7.48. The molecule has 3 aliphatic rings. The average molecular weight is 190 g/mol. The molecule has 0 spiro atoms. The minimum atomic E-state index is -1.09. The minimum absolute atomic E-state index is 1.09. The van der Waals surface area contributed by atoms with Crippen molar-refractivity contribution in [1.29, 1.82) is 0 Å². The average Bonchev–Trinajstić information content (AvgIpc) is 2.39. The molecule has 0 nitrogen and oxygen atoms in total. The SMILES string of the molecule is CC1=C2C3=C(C=CC3=P1)[Si]2(C)C. The smallest absolute Gasteiger partial charge is 0.0647 e. The third-order valence-electron chi connectivity index (χ3n) is 3.13. The van der Waals surface area contributed by atoms with Gasteiger partial charge in [0.25, 0.3) is 0 Å².